The van der Waals surface area contributed by atoms with Crippen molar-refractivity contribution >= 4 is 11.9 Å². The Balaban J connectivity index is 2.65. The second-order valence-corrected chi connectivity index (χ2v) is 2.73. The van der Waals surface area contributed by atoms with Crippen LogP contribution in [-0.4, -0.2) is 31.3 Å². The predicted molar refractivity (Wildman–Crippen MR) is 48.2 cm³/mol. The molecule has 0 atom stereocenters. The Morgan fingerprint density at radius 3 is 2.73 bits per heavy atom. The number of aryl methyl sites for hydroxylation is 1. The third-order valence-corrected chi connectivity index (χ3v) is 1.83. The van der Waals surface area contributed by atoms with Crippen molar-refractivity contribution in [3.8, 4) is 0 Å². The number of carbonyl (C=O) groups is 2. The maximum atomic E-state index is 11.2. The normalized spacial score (nSPS) is 9.73. The fourth-order valence-corrected chi connectivity index (χ4v) is 1.04. The van der Waals surface area contributed by atoms with Crippen LogP contribution in [0.5, 0.6) is 0 Å². The van der Waals surface area contributed by atoms with Gasteiger partial charge in [0, 0.05) is 6.42 Å². The zero-order valence-corrected chi connectivity index (χ0v) is 8.48. The molecule has 0 bridgehead atoms. The minimum Gasteiger partial charge on any atom is -0.469 e. The summed E-state index contributed by atoms with van der Waals surface area (Å²) in [6.07, 6.45) is 1.66. The lowest BCUT2D eigenvalue weighted by Crippen LogP contribution is -2.06. The standard InChI is InChI=1S/C9H11NO5/c1-13-8(11)4-3-7-6(5-10-15-7)9(12)14-2/h5H,3-4H2,1-2H3. The molecular formula is C9H11NO5. The Morgan fingerprint density at radius 2 is 2.13 bits per heavy atom. The number of rotatable bonds is 4. The molecule has 6 heteroatoms. The van der Waals surface area contributed by atoms with Crippen LogP contribution in [0.15, 0.2) is 10.7 Å². The summed E-state index contributed by atoms with van der Waals surface area (Å²) in [4.78, 5) is 22.0. The maximum Gasteiger partial charge on any atom is 0.343 e. The number of hydrogen-bond donors (Lipinski definition) is 0. The molecule has 0 fully saturated rings. The third-order valence-electron chi connectivity index (χ3n) is 1.83. The highest BCUT2D eigenvalue weighted by atomic mass is 16.5. The van der Waals surface area contributed by atoms with E-state index < -0.39 is 5.97 Å². The molecule has 0 aliphatic rings. The number of hydrogen-bond acceptors (Lipinski definition) is 6. The van der Waals surface area contributed by atoms with Gasteiger partial charge in [0.05, 0.1) is 26.8 Å². The van der Waals surface area contributed by atoms with Crippen LogP contribution in [0, 0.1) is 0 Å². The van der Waals surface area contributed by atoms with Crippen molar-refractivity contribution in [3.63, 3.8) is 0 Å². The van der Waals surface area contributed by atoms with E-state index in [2.05, 4.69) is 14.6 Å². The molecule has 0 aliphatic heterocycles. The number of aromatic nitrogens is 1. The van der Waals surface area contributed by atoms with Crippen LogP contribution in [0.3, 0.4) is 0 Å². The van der Waals surface area contributed by atoms with E-state index in [-0.39, 0.29) is 24.4 Å². The first kappa shape index (κ1) is 11.2. The second-order valence-electron chi connectivity index (χ2n) is 2.73. The highest BCUT2D eigenvalue weighted by Crippen LogP contribution is 2.11. The third kappa shape index (κ3) is 2.80. The van der Waals surface area contributed by atoms with Crippen LogP contribution in [0.4, 0.5) is 0 Å². The van der Waals surface area contributed by atoms with E-state index in [1.54, 1.807) is 0 Å². The summed E-state index contributed by atoms with van der Waals surface area (Å²) in [5.41, 5.74) is 0.237. The van der Waals surface area contributed by atoms with E-state index >= 15 is 0 Å². The number of methoxy groups -OCH3 is 2. The number of nitrogens with zero attached hydrogens (tertiary/aromatic N) is 1. The van der Waals surface area contributed by atoms with Gasteiger partial charge in [-0.05, 0) is 0 Å². The largest absolute Gasteiger partial charge is 0.469 e. The molecule has 1 heterocycles. The molecule has 15 heavy (non-hydrogen) atoms. The van der Waals surface area contributed by atoms with E-state index in [0.29, 0.717) is 5.76 Å². The number of ether oxygens (including phenoxy) is 2. The summed E-state index contributed by atoms with van der Waals surface area (Å²) < 4.78 is 13.8. The van der Waals surface area contributed by atoms with Gasteiger partial charge in [-0.1, -0.05) is 5.16 Å². The molecule has 1 aromatic heterocycles. The first-order chi connectivity index (χ1) is 7.19. The van der Waals surface area contributed by atoms with Crippen LogP contribution >= 0.6 is 0 Å². The van der Waals surface area contributed by atoms with Gasteiger partial charge in [-0.3, -0.25) is 4.79 Å². The van der Waals surface area contributed by atoms with Gasteiger partial charge in [-0.15, -0.1) is 0 Å². The Bertz CT molecular complexity index is 357. The molecular weight excluding hydrogens is 202 g/mol. The molecule has 6 nitrogen and oxygen atoms in total. The van der Waals surface area contributed by atoms with E-state index in [9.17, 15) is 9.59 Å². The quantitative estimate of drug-likeness (QED) is 0.680. The smallest absolute Gasteiger partial charge is 0.343 e. The van der Waals surface area contributed by atoms with Gasteiger partial charge in [0.1, 0.15) is 5.56 Å². The summed E-state index contributed by atoms with van der Waals surface area (Å²) in [6, 6.07) is 0. The lowest BCUT2D eigenvalue weighted by molar-refractivity contribution is -0.140. The minimum absolute atomic E-state index is 0.135. The maximum absolute atomic E-state index is 11.2. The number of carbonyl (C=O) groups excluding carboxylic acids is 2. The zero-order valence-electron chi connectivity index (χ0n) is 8.48. The molecule has 1 aromatic rings. The van der Waals surface area contributed by atoms with Gasteiger partial charge >= 0.3 is 11.9 Å². The molecule has 0 radical (unpaired) electrons. The van der Waals surface area contributed by atoms with E-state index in [0.717, 1.165) is 0 Å². The average Bonchev–Trinajstić information content (AvgIpc) is 2.72. The van der Waals surface area contributed by atoms with Crippen LogP contribution in [0.1, 0.15) is 22.5 Å². The van der Waals surface area contributed by atoms with Crippen molar-refractivity contribution < 1.29 is 23.6 Å². The van der Waals surface area contributed by atoms with Crippen molar-refractivity contribution in [2.75, 3.05) is 14.2 Å². The van der Waals surface area contributed by atoms with Crippen molar-refractivity contribution in [2.24, 2.45) is 0 Å². The van der Waals surface area contributed by atoms with E-state index in [1.807, 2.05) is 0 Å². The SMILES string of the molecule is COC(=O)CCc1oncc1C(=O)OC. The molecule has 0 spiro atoms. The van der Waals surface area contributed by atoms with Crippen LogP contribution in [-0.2, 0) is 20.7 Å². The van der Waals surface area contributed by atoms with Crippen molar-refractivity contribution in [1.82, 2.24) is 5.16 Å². The Kier molecular flexibility index (Phi) is 3.84. The summed E-state index contributed by atoms with van der Waals surface area (Å²) in [5, 5.41) is 3.47. The predicted octanol–water partition coefficient (Wildman–Crippen LogP) is 0.567. The first-order valence-corrected chi connectivity index (χ1v) is 4.27. The van der Waals surface area contributed by atoms with Crippen molar-refractivity contribution in [1.29, 1.82) is 0 Å². The Morgan fingerprint density at radius 1 is 1.40 bits per heavy atom. The van der Waals surface area contributed by atoms with Gasteiger partial charge < -0.3 is 14.0 Å². The van der Waals surface area contributed by atoms with Gasteiger partial charge in [-0.25, -0.2) is 4.79 Å². The van der Waals surface area contributed by atoms with Crippen LogP contribution in [0.2, 0.25) is 0 Å². The van der Waals surface area contributed by atoms with Crippen LogP contribution in [0.25, 0.3) is 0 Å². The summed E-state index contributed by atoms with van der Waals surface area (Å²) >= 11 is 0. The van der Waals surface area contributed by atoms with Crippen molar-refractivity contribution in [3.05, 3.63) is 17.5 Å². The minimum atomic E-state index is -0.531. The summed E-state index contributed by atoms with van der Waals surface area (Å²) in [5.74, 6) is -0.578. The molecule has 0 aromatic carbocycles. The highest BCUT2D eigenvalue weighted by Gasteiger charge is 2.17. The molecule has 1 rings (SSSR count). The summed E-state index contributed by atoms with van der Waals surface area (Å²) in [7, 11) is 2.56. The second kappa shape index (κ2) is 5.14. The van der Waals surface area contributed by atoms with E-state index in [4.69, 9.17) is 4.52 Å². The molecule has 0 N–H and O–H groups in total. The fraction of sp³-hybridized carbons (Fsp3) is 0.444. The average molecular weight is 213 g/mol. The van der Waals surface area contributed by atoms with E-state index in [1.165, 1.54) is 20.4 Å². The molecule has 0 saturated heterocycles. The molecule has 82 valence electrons. The summed E-state index contributed by atoms with van der Waals surface area (Å²) in [6.45, 7) is 0. The lowest BCUT2D eigenvalue weighted by Gasteiger charge is -1.98. The fourth-order valence-electron chi connectivity index (χ4n) is 1.04. The Hall–Kier alpha value is -1.85. The van der Waals surface area contributed by atoms with Gasteiger partial charge in [0.15, 0.2) is 5.76 Å². The molecule has 0 amide bonds. The van der Waals surface area contributed by atoms with Gasteiger partial charge in [0.25, 0.3) is 0 Å². The van der Waals surface area contributed by atoms with Crippen molar-refractivity contribution in [2.45, 2.75) is 12.8 Å². The number of esters is 2. The van der Waals surface area contributed by atoms with Crippen LogP contribution < -0.4 is 0 Å². The monoisotopic (exact) mass is 213 g/mol. The molecule has 0 unspecified atom stereocenters. The molecule has 0 aliphatic carbocycles. The van der Waals surface area contributed by atoms with Gasteiger partial charge in [-0.2, -0.15) is 0 Å². The van der Waals surface area contributed by atoms with Gasteiger partial charge in [0.2, 0.25) is 0 Å². The highest BCUT2D eigenvalue weighted by molar-refractivity contribution is 5.90. The zero-order chi connectivity index (χ0) is 11.3. The Labute approximate surface area is 86.1 Å². The topological polar surface area (TPSA) is 78.6 Å². The lowest BCUT2D eigenvalue weighted by atomic mass is 10.2. The molecule has 0 saturated carbocycles. The first-order valence-electron chi connectivity index (χ1n) is 4.27.